The number of anilines is 1. The molecule has 0 fully saturated rings. The van der Waals surface area contributed by atoms with Gasteiger partial charge < -0.3 is 5.11 Å². The maximum atomic E-state index is 13.6. The van der Waals surface area contributed by atoms with Gasteiger partial charge in [-0.3, -0.25) is 4.72 Å². The highest BCUT2D eigenvalue weighted by atomic mass is 32.2. The van der Waals surface area contributed by atoms with Gasteiger partial charge in [0.25, 0.3) is 10.0 Å². The molecule has 0 radical (unpaired) electrons. The lowest BCUT2D eigenvalue weighted by Crippen LogP contribution is -2.15. The Balaban J connectivity index is 2.44. The van der Waals surface area contributed by atoms with E-state index in [1.807, 2.05) is 4.72 Å². The Bertz CT molecular complexity index is 806. The summed E-state index contributed by atoms with van der Waals surface area (Å²) in [5.41, 5.74) is -0.480. The van der Waals surface area contributed by atoms with Crippen LogP contribution in [0.1, 0.15) is 10.4 Å². The maximum absolute atomic E-state index is 13.6. The number of carbonyl (C=O) groups is 1. The van der Waals surface area contributed by atoms with Crippen LogP contribution in [0.25, 0.3) is 0 Å². The smallest absolute Gasteiger partial charge is 0.335 e. The van der Waals surface area contributed by atoms with Crippen LogP contribution in [-0.4, -0.2) is 19.5 Å². The zero-order valence-corrected chi connectivity index (χ0v) is 11.2. The summed E-state index contributed by atoms with van der Waals surface area (Å²) < 4.78 is 52.7. The van der Waals surface area contributed by atoms with E-state index in [4.69, 9.17) is 5.11 Å². The van der Waals surface area contributed by atoms with Crippen LogP contribution in [-0.2, 0) is 10.0 Å². The molecule has 110 valence electrons. The van der Waals surface area contributed by atoms with Gasteiger partial charge in [-0.15, -0.1) is 0 Å². The first-order valence-corrected chi connectivity index (χ1v) is 7.09. The van der Waals surface area contributed by atoms with Gasteiger partial charge in [0.1, 0.15) is 16.5 Å². The van der Waals surface area contributed by atoms with E-state index in [1.54, 1.807) is 0 Å². The number of halogens is 2. The van der Waals surface area contributed by atoms with Crippen LogP contribution >= 0.6 is 0 Å². The lowest BCUT2D eigenvalue weighted by Gasteiger charge is -2.09. The van der Waals surface area contributed by atoms with Gasteiger partial charge in [-0.25, -0.2) is 22.0 Å². The first kappa shape index (κ1) is 14.9. The molecule has 5 nitrogen and oxygen atoms in total. The van der Waals surface area contributed by atoms with Crippen molar-refractivity contribution >= 4 is 21.7 Å². The minimum absolute atomic E-state index is 0.102. The molecule has 0 spiro atoms. The molecule has 2 N–H and O–H groups in total. The van der Waals surface area contributed by atoms with E-state index < -0.39 is 32.5 Å². The number of hydrogen-bond donors (Lipinski definition) is 2. The van der Waals surface area contributed by atoms with E-state index in [0.717, 1.165) is 24.3 Å². The summed E-state index contributed by atoms with van der Waals surface area (Å²) in [6.07, 6.45) is 0. The molecule has 2 aromatic carbocycles. The van der Waals surface area contributed by atoms with E-state index >= 15 is 0 Å². The predicted molar refractivity (Wildman–Crippen MR) is 70.6 cm³/mol. The molecule has 2 aromatic rings. The molecule has 0 unspecified atom stereocenters. The number of carboxylic acids is 1. The van der Waals surface area contributed by atoms with Gasteiger partial charge in [0, 0.05) is 0 Å². The van der Waals surface area contributed by atoms with Crippen LogP contribution < -0.4 is 4.72 Å². The number of aromatic carboxylic acids is 1. The standard InChI is InChI=1S/C13H9F2NO4S/c14-9-2-1-3-10(7-9)16-21(19,20)12-6-8(13(17)18)4-5-11(12)15/h1-7,16H,(H,17,18). The third-order valence-electron chi connectivity index (χ3n) is 2.54. The van der Waals surface area contributed by atoms with Crippen molar-refractivity contribution in [3.63, 3.8) is 0 Å². The predicted octanol–water partition coefficient (Wildman–Crippen LogP) is 2.46. The zero-order chi connectivity index (χ0) is 15.6. The second-order valence-electron chi connectivity index (χ2n) is 4.07. The minimum Gasteiger partial charge on any atom is -0.478 e. The summed E-state index contributed by atoms with van der Waals surface area (Å²) >= 11 is 0. The molecule has 0 heterocycles. The SMILES string of the molecule is O=C(O)c1ccc(F)c(S(=O)(=O)Nc2cccc(F)c2)c1. The van der Waals surface area contributed by atoms with E-state index in [1.165, 1.54) is 12.1 Å². The van der Waals surface area contributed by atoms with Gasteiger partial charge in [0.15, 0.2) is 0 Å². The highest BCUT2D eigenvalue weighted by molar-refractivity contribution is 7.92. The normalized spacial score (nSPS) is 11.1. The van der Waals surface area contributed by atoms with Crippen molar-refractivity contribution in [2.24, 2.45) is 0 Å². The lowest BCUT2D eigenvalue weighted by atomic mass is 10.2. The highest BCUT2D eigenvalue weighted by Crippen LogP contribution is 2.20. The van der Waals surface area contributed by atoms with Crippen LogP contribution in [0.2, 0.25) is 0 Å². The molecule has 0 atom stereocenters. The van der Waals surface area contributed by atoms with Crippen LogP contribution in [0, 0.1) is 11.6 Å². The molecule has 8 heteroatoms. The first-order valence-electron chi connectivity index (χ1n) is 5.61. The average molecular weight is 313 g/mol. The fraction of sp³-hybridized carbons (Fsp3) is 0. The van der Waals surface area contributed by atoms with Gasteiger partial charge in [-0.2, -0.15) is 0 Å². The molecule has 0 amide bonds. The second kappa shape index (κ2) is 5.49. The summed E-state index contributed by atoms with van der Waals surface area (Å²) in [6, 6.07) is 6.96. The largest absolute Gasteiger partial charge is 0.478 e. The van der Waals surface area contributed by atoms with Gasteiger partial charge >= 0.3 is 5.97 Å². The van der Waals surface area contributed by atoms with Gasteiger partial charge in [0.05, 0.1) is 11.3 Å². The Hall–Kier alpha value is -2.48. The number of nitrogens with one attached hydrogen (secondary N) is 1. The average Bonchev–Trinajstić information content (AvgIpc) is 2.38. The van der Waals surface area contributed by atoms with Crippen LogP contribution in [0.15, 0.2) is 47.4 Å². The van der Waals surface area contributed by atoms with E-state index in [0.29, 0.717) is 6.07 Å². The van der Waals surface area contributed by atoms with Crippen molar-refractivity contribution in [2.75, 3.05) is 4.72 Å². The number of rotatable bonds is 4. The number of carboxylic acid groups (broad SMARTS) is 1. The molecule has 0 aromatic heterocycles. The number of benzene rings is 2. The lowest BCUT2D eigenvalue weighted by molar-refractivity contribution is 0.0696. The fourth-order valence-electron chi connectivity index (χ4n) is 1.60. The monoisotopic (exact) mass is 313 g/mol. The van der Waals surface area contributed by atoms with Crippen molar-refractivity contribution in [1.29, 1.82) is 0 Å². The molecule has 0 saturated heterocycles. The molecule has 0 bridgehead atoms. The molecular weight excluding hydrogens is 304 g/mol. The molecule has 0 saturated carbocycles. The molecule has 0 aliphatic heterocycles. The maximum Gasteiger partial charge on any atom is 0.335 e. The molecular formula is C13H9F2NO4S. The Morgan fingerprint density at radius 3 is 2.43 bits per heavy atom. The summed E-state index contributed by atoms with van der Waals surface area (Å²) in [6.45, 7) is 0. The fourth-order valence-corrected chi connectivity index (χ4v) is 2.76. The Morgan fingerprint density at radius 2 is 1.81 bits per heavy atom. The van der Waals surface area contributed by atoms with E-state index in [9.17, 15) is 22.0 Å². The summed E-state index contributed by atoms with van der Waals surface area (Å²) in [5.74, 6) is -3.17. The second-order valence-corrected chi connectivity index (χ2v) is 5.72. The van der Waals surface area contributed by atoms with Crippen molar-refractivity contribution in [3.05, 3.63) is 59.7 Å². The van der Waals surface area contributed by atoms with Crippen LogP contribution in [0.5, 0.6) is 0 Å². The van der Waals surface area contributed by atoms with Gasteiger partial charge in [-0.1, -0.05) is 6.07 Å². The molecule has 0 aliphatic rings. The molecule has 2 rings (SSSR count). The Morgan fingerprint density at radius 1 is 1.10 bits per heavy atom. The third-order valence-corrected chi connectivity index (χ3v) is 3.94. The summed E-state index contributed by atoms with van der Waals surface area (Å²) in [4.78, 5) is 9.98. The van der Waals surface area contributed by atoms with Crippen molar-refractivity contribution in [1.82, 2.24) is 0 Å². The topological polar surface area (TPSA) is 83.5 Å². The quantitative estimate of drug-likeness (QED) is 0.908. The van der Waals surface area contributed by atoms with E-state index in [2.05, 4.69) is 0 Å². The van der Waals surface area contributed by atoms with Crippen molar-refractivity contribution in [3.8, 4) is 0 Å². The summed E-state index contributed by atoms with van der Waals surface area (Å²) in [5, 5.41) is 8.80. The molecule has 0 aliphatic carbocycles. The first-order chi connectivity index (χ1) is 9.79. The van der Waals surface area contributed by atoms with Crippen molar-refractivity contribution < 1.29 is 27.1 Å². The minimum atomic E-state index is -4.37. The van der Waals surface area contributed by atoms with E-state index in [-0.39, 0.29) is 11.3 Å². The number of sulfonamides is 1. The zero-order valence-electron chi connectivity index (χ0n) is 10.4. The van der Waals surface area contributed by atoms with Gasteiger partial charge in [0.2, 0.25) is 0 Å². The van der Waals surface area contributed by atoms with Crippen molar-refractivity contribution in [2.45, 2.75) is 4.90 Å². The van der Waals surface area contributed by atoms with Crippen LogP contribution in [0.4, 0.5) is 14.5 Å². The Kier molecular flexibility index (Phi) is 3.90. The van der Waals surface area contributed by atoms with Crippen LogP contribution in [0.3, 0.4) is 0 Å². The number of hydrogen-bond acceptors (Lipinski definition) is 3. The highest BCUT2D eigenvalue weighted by Gasteiger charge is 2.21. The summed E-state index contributed by atoms with van der Waals surface area (Å²) in [7, 11) is -4.37. The molecule has 21 heavy (non-hydrogen) atoms. The van der Waals surface area contributed by atoms with Gasteiger partial charge in [-0.05, 0) is 36.4 Å². The third kappa shape index (κ3) is 3.34. The Labute approximate surface area is 118 Å².